The summed E-state index contributed by atoms with van der Waals surface area (Å²) >= 11 is 0. The second-order valence-corrected chi connectivity index (χ2v) is 3.52. The number of nitrogens with one attached hydrogen (secondary N) is 1. The number of imidazole rings is 1. The summed E-state index contributed by atoms with van der Waals surface area (Å²) in [7, 11) is 1.53. The number of likely N-dealkylation sites (N-methyl/N-ethyl adjacent to an activating group) is 1. The zero-order chi connectivity index (χ0) is 12.4. The Kier molecular flexibility index (Phi) is 2.78. The molecule has 1 amide bonds. The van der Waals surface area contributed by atoms with Crippen molar-refractivity contribution < 1.29 is 14.7 Å². The number of amides is 1. The number of carbonyl (C=O) groups excluding carboxylic acids is 1. The van der Waals surface area contributed by atoms with E-state index in [-0.39, 0.29) is 18.0 Å². The van der Waals surface area contributed by atoms with Crippen molar-refractivity contribution in [3.63, 3.8) is 0 Å². The molecule has 88 valence electrons. The van der Waals surface area contributed by atoms with Crippen LogP contribution in [0.4, 0.5) is 0 Å². The van der Waals surface area contributed by atoms with Gasteiger partial charge in [-0.15, -0.1) is 0 Å². The third-order valence-corrected chi connectivity index (χ3v) is 2.46. The highest BCUT2D eigenvalue weighted by Gasteiger charge is 2.14. The molecule has 1 aromatic carbocycles. The number of carbonyl (C=O) groups is 2. The maximum Gasteiger partial charge on any atom is 0.337 e. The van der Waals surface area contributed by atoms with Crippen molar-refractivity contribution in [2.24, 2.45) is 0 Å². The van der Waals surface area contributed by atoms with Gasteiger partial charge in [-0.3, -0.25) is 4.79 Å². The van der Waals surface area contributed by atoms with Crippen molar-refractivity contribution in [3.8, 4) is 0 Å². The van der Waals surface area contributed by atoms with Gasteiger partial charge in [0.1, 0.15) is 6.54 Å². The Morgan fingerprint density at radius 3 is 2.88 bits per heavy atom. The lowest BCUT2D eigenvalue weighted by atomic mass is 10.2. The zero-order valence-electron chi connectivity index (χ0n) is 9.17. The Bertz CT molecular complexity index is 589. The summed E-state index contributed by atoms with van der Waals surface area (Å²) in [6, 6.07) is 4.83. The molecule has 6 nitrogen and oxygen atoms in total. The fraction of sp³-hybridized carbons (Fsp3) is 0.182. The fourth-order valence-electron chi connectivity index (χ4n) is 1.65. The molecular formula is C11H11N3O3. The van der Waals surface area contributed by atoms with E-state index in [0.717, 1.165) is 0 Å². The van der Waals surface area contributed by atoms with E-state index >= 15 is 0 Å². The van der Waals surface area contributed by atoms with Crippen molar-refractivity contribution in [2.75, 3.05) is 7.05 Å². The number of carboxylic acid groups (broad SMARTS) is 1. The zero-order valence-corrected chi connectivity index (χ0v) is 9.17. The molecule has 0 spiro atoms. The first-order valence-electron chi connectivity index (χ1n) is 5.01. The SMILES string of the molecule is CNC(=O)Cn1cnc2cccc(C(=O)O)c21. The molecule has 6 heteroatoms. The van der Waals surface area contributed by atoms with E-state index in [1.165, 1.54) is 24.0 Å². The molecular weight excluding hydrogens is 222 g/mol. The standard InChI is InChI=1S/C11H11N3O3/c1-12-9(15)5-14-6-13-8-4-2-3-7(10(8)14)11(16)17/h2-4,6H,5H2,1H3,(H,12,15)(H,16,17). The molecule has 0 radical (unpaired) electrons. The Hall–Kier alpha value is -2.37. The second-order valence-electron chi connectivity index (χ2n) is 3.52. The van der Waals surface area contributed by atoms with Crippen LogP contribution >= 0.6 is 0 Å². The largest absolute Gasteiger partial charge is 0.478 e. The number of hydrogen-bond donors (Lipinski definition) is 2. The van der Waals surface area contributed by atoms with Crippen LogP contribution in [0.5, 0.6) is 0 Å². The number of carboxylic acids is 1. The van der Waals surface area contributed by atoms with Gasteiger partial charge in [-0.1, -0.05) is 6.07 Å². The maximum absolute atomic E-state index is 11.3. The third-order valence-electron chi connectivity index (χ3n) is 2.46. The molecule has 2 aromatic rings. The predicted molar refractivity (Wildman–Crippen MR) is 60.8 cm³/mol. The third kappa shape index (κ3) is 1.96. The molecule has 2 rings (SSSR count). The number of para-hydroxylation sites is 1. The first-order chi connectivity index (χ1) is 8.13. The van der Waals surface area contributed by atoms with Crippen LogP contribution in [0.15, 0.2) is 24.5 Å². The average Bonchev–Trinajstić information content (AvgIpc) is 2.72. The van der Waals surface area contributed by atoms with Gasteiger partial charge >= 0.3 is 5.97 Å². The minimum atomic E-state index is -1.03. The Balaban J connectivity index is 2.57. The number of rotatable bonds is 3. The quantitative estimate of drug-likeness (QED) is 0.807. The number of aromatic nitrogens is 2. The Labute approximate surface area is 96.9 Å². The van der Waals surface area contributed by atoms with E-state index in [1.807, 2.05) is 0 Å². The van der Waals surface area contributed by atoms with Crippen molar-refractivity contribution in [1.82, 2.24) is 14.9 Å². The van der Waals surface area contributed by atoms with Crippen LogP contribution in [0, 0.1) is 0 Å². The number of benzene rings is 1. The van der Waals surface area contributed by atoms with Crippen LogP contribution in [0.25, 0.3) is 11.0 Å². The molecule has 0 fully saturated rings. The van der Waals surface area contributed by atoms with Gasteiger partial charge in [0.25, 0.3) is 0 Å². The minimum Gasteiger partial charge on any atom is -0.478 e. The molecule has 1 aromatic heterocycles. The summed E-state index contributed by atoms with van der Waals surface area (Å²) < 4.78 is 1.53. The lowest BCUT2D eigenvalue weighted by Gasteiger charge is -2.05. The van der Waals surface area contributed by atoms with Crippen LogP contribution in [0.3, 0.4) is 0 Å². The lowest BCUT2D eigenvalue weighted by molar-refractivity contribution is -0.121. The van der Waals surface area contributed by atoms with Crippen LogP contribution in [-0.2, 0) is 11.3 Å². The van der Waals surface area contributed by atoms with Gasteiger partial charge in [0.15, 0.2) is 0 Å². The normalized spacial score (nSPS) is 10.4. The molecule has 0 saturated heterocycles. The molecule has 0 aliphatic carbocycles. The van der Waals surface area contributed by atoms with E-state index < -0.39 is 5.97 Å². The first kappa shape index (κ1) is 11.1. The van der Waals surface area contributed by atoms with Crippen LogP contribution in [-0.4, -0.2) is 33.6 Å². The van der Waals surface area contributed by atoms with Gasteiger partial charge in [-0.2, -0.15) is 0 Å². The summed E-state index contributed by atoms with van der Waals surface area (Å²) in [4.78, 5) is 26.4. The molecule has 0 aliphatic heterocycles. The topological polar surface area (TPSA) is 84.2 Å². The number of hydrogen-bond acceptors (Lipinski definition) is 3. The van der Waals surface area contributed by atoms with Crippen molar-refractivity contribution in [3.05, 3.63) is 30.1 Å². The van der Waals surface area contributed by atoms with Gasteiger partial charge < -0.3 is 15.0 Å². The minimum absolute atomic E-state index is 0.0529. The highest BCUT2D eigenvalue weighted by molar-refractivity contribution is 6.01. The molecule has 2 N–H and O–H groups in total. The molecule has 17 heavy (non-hydrogen) atoms. The first-order valence-corrected chi connectivity index (χ1v) is 5.01. The van der Waals surface area contributed by atoms with E-state index in [1.54, 1.807) is 12.1 Å². The molecule has 1 heterocycles. The molecule has 0 saturated carbocycles. The van der Waals surface area contributed by atoms with Gasteiger partial charge in [0.2, 0.25) is 5.91 Å². The molecule has 0 unspecified atom stereocenters. The Morgan fingerprint density at radius 2 is 2.24 bits per heavy atom. The van der Waals surface area contributed by atoms with Crippen LogP contribution in [0.1, 0.15) is 10.4 Å². The summed E-state index contributed by atoms with van der Waals surface area (Å²) in [5.74, 6) is -1.24. The monoisotopic (exact) mass is 233 g/mol. The van der Waals surface area contributed by atoms with E-state index in [4.69, 9.17) is 5.11 Å². The van der Waals surface area contributed by atoms with Gasteiger partial charge in [-0.05, 0) is 12.1 Å². The average molecular weight is 233 g/mol. The highest BCUT2D eigenvalue weighted by atomic mass is 16.4. The summed E-state index contributed by atoms with van der Waals surface area (Å²) in [5.41, 5.74) is 1.17. The van der Waals surface area contributed by atoms with Gasteiger partial charge in [0.05, 0.1) is 22.9 Å². The van der Waals surface area contributed by atoms with Gasteiger partial charge in [-0.25, -0.2) is 9.78 Å². The smallest absolute Gasteiger partial charge is 0.337 e. The summed E-state index contributed by atoms with van der Waals surface area (Å²) in [6.07, 6.45) is 1.46. The van der Waals surface area contributed by atoms with Crippen molar-refractivity contribution in [2.45, 2.75) is 6.54 Å². The Morgan fingerprint density at radius 1 is 1.47 bits per heavy atom. The van der Waals surface area contributed by atoms with E-state index in [2.05, 4.69) is 10.3 Å². The van der Waals surface area contributed by atoms with Crippen LogP contribution in [0.2, 0.25) is 0 Å². The van der Waals surface area contributed by atoms with Crippen molar-refractivity contribution in [1.29, 1.82) is 0 Å². The number of fused-ring (bicyclic) bond motifs is 1. The lowest BCUT2D eigenvalue weighted by Crippen LogP contribution is -2.23. The van der Waals surface area contributed by atoms with E-state index in [0.29, 0.717) is 11.0 Å². The summed E-state index contributed by atoms with van der Waals surface area (Å²) in [6.45, 7) is 0.0529. The molecule has 0 atom stereocenters. The van der Waals surface area contributed by atoms with Crippen LogP contribution < -0.4 is 5.32 Å². The maximum atomic E-state index is 11.3. The van der Waals surface area contributed by atoms with Gasteiger partial charge in [0, 0.05) is 7.05 Å². The van der Waals surface area contributed by atoms with E-state index in [9.17, 15) is 9.59 Å². The van der Waals surface area contributed by atoms with Crippen molar-refractivity contribution >= 4 is 22.9 Å². The predicted octanol–water partition coefficient (Wildman–Crippen LogP) is 0.480. The fourth-order valence-corrected chi connectivity index (χ4v) is 1.65. The molecule has 0 aliphatic rings. The highest BCUT2D eigenvalue weighted by Crippen LogP contribution is 2.17. The molecule has 0 bridgehead atoms. The second kappa shape index (κ2) is 4.25. The summed E-state index contributed by atoms with van der Waals surface area (Å²) in [5, 5.41) is 11.6. The number of nitrogens with zero attached hydrogens (tertiary/aromatic N) is 2. The number of aromatic carboxylic acids is 1.